The zero-order valence-corrected chi connectivity index (χ0v) is 22.2. The van der Waals surface area contributed by atoms with E-state index in [1.54, 1.807) is 13.2 Å². The number of rotatable bonds is 7. The number of ether oxygens (including phenoxy) is 5. The van der Waals surface area contributed by atoms with Crippen molar-refractivity contribution in [2.75, 3.05) is 26.9 Å². The molecule has 2 aromatic heterocycles. The third-order valence-electron chi connectivity index (χ3n) is 6.68. The van der Waals surface area contributed by atoms with E-state index in [0.29, 0.717) is 36.2 Å². The molecule has 2 N–H and O–H groups in total. The molecule has 0 radical (unpaired) electrons. The standard InChI is InChI=1S/C25H25ClFN3O6.C2H6/c1-32-6-2-3-12-7-13-4-5-18(20(13)15(27)8-12)35-24-14(26)9-16-23(29-24)30-25(28-16)36-19-11-34-21-17(31)10-33-22(19)21;1-2/h2-3,7-9,17-19,21-22,31H,4-6,10-11H2,1H3,(H,28,29,30);1-2H3/b3-2+;/t17-,18?,19-,21?,22-;/m1./s1. The fraction of sp³-hybridized carbons (Fsp3) is 0.481. The van der Waals surface area contributed by atoms with Gasteiger partial charge in [-0.1, -0.05) is 43.7 Å². The van der Waals surface area contributed by atoms with Crippen molar-refractivity contribution in [2.45, 2.75) is 57.2 Å². The third-order valence-corrected chi connectivity index (χ3v) is 6.95. The average molecular weight is 548 g/mol. The summed E-state index contributed by atoms with van der Waals surface area (Å²) in [5.74, 6) is -0.147. The van der Waals surface area contributed by atoms with Gasteiger partial charge in [0.05, 0.1) is 25.3 Å². The minimum atomic E-state index is -0.663. The Balaban J connectivity index is 0.00000144. The molecule has 1 aliphatic carbocycles. The van der Waals surface area contributed by atoms with Gasteiger partial charge in [0, 0.05) is 12.7 Å². The lowest BCUT2D eigenvalue weighted by Crippen LogP contribution is -2.34. The smallest absolute Gasteiger partial charge is 0.296 e. The summed E-state index contributed by atoms with van der Waals surface area (Å²) < 4.78 is 43.2. The van der Waals surface area contributed by atoms with Crippen LogP contribution in [0.25, 0.3) is 17.2 Å². The maximum Gasteiger partial charge on any atom is 0.296 e. The number of pyridine rings is 1. The van der Waals surface area contributed by atoms with Crippen molar-refractivity contribution >= 4 is 28.8 Å². The second kappa shape index (κ2) is 11.5. The van der Waals surface area contributed by atoms with Gasteiger partial charge in [-0.05, 0) is 36.1 Å². The molecule has 2 fully saturated rings. The number of hydrogen-bond donors (Lipinski definition) is 2. The Morgan fingerprint density at radius 1 is 1.16 bits per heavy atom. The molecule has 11 heteroatoms. The van der Waals surface area contributed by atoms with Gasteiger partial charge in [0.15, 0.2) is 11.8 Å². The maximum atomic E-state index is 15.0. The summed E-state index contributed by atoms with van der Waals surface area (Å²) in [4.78, 5) is 11.9. The predicted molar refractivity (Wildman–Crippen MR) is 139 cm³/mol. The Kier molecular flexibility index (Phi) is 8.15. The van der Waals surface area contributed by atoms with Crippen LogP contribution in [0.4, 0.5) is 4.39 Å². The lowest BCUT2D eigenvalue weighted by molar-refractivity contribution is 0.00706. The lowest BCUT2D eigenvalue weighted by atomic mass is 10.0. The number of aliphatic hydroxyl groups is 1. The number of benzene rings is 1. The van der Waals surface area contributed by atoms with Crippen molar-refractivity contribution in [2.24, 2.45) is 0 Å². The number of hydrogen-bond acceptors (Lipinski definition) is 8. The topological polar surface area (TPSA) is 108 Å². The molecule has 0 amide bonds. The number of nitrogens with zero attached hydrogens (tertiary/aromatic N) is 2. The van der Waals surface area contributed by atoms with Crippen LogP contribution in [0.2, 0.25) is 5.02 Å². The van der Waals surface area contributed by atoms with Crippen LogP contribution in [-0.2, 0) is 20.6 Å². The van der Waals surface area contributed by atoms with E-state index < -0.39 is 24.4 Å². The van der Waals surface area contributed by atoms with E-state index in [0.717, 1.165) is 11.1 Å². The third kappa shape index (κ3) is 5.23. The summed E-state index contributed by atoms with van der Waals surface area (Å²) in [5.41, 5.74) is 3.13. The summed E-state index contributed by atoms with van der Waals surface area (Å²) in [6.45, 7) is 4.95. The van der Waals surface area contributed by atoms with Gasteiger partial charge in [-0.25, -0.2) is 4.39 Å². The van der Waals surface area contributed by atoms with Gasteiger partial charge in [0.1, 0.15) is 35.3 Å². The molecular formula is C27H31ClFN3O6. The van der Waals surface area contributed by atoms with Gasteiger partial charge in [-0.15, -0.1) is 0 Å². The minimum absolute atomic E-state index is 0.176. The second-order valence-electron chi connectivity index (χ2n) is 9.09. The zero-order valence-electron chi connectivity index (χ0n) is 21.4. The Morgan fingerprint density at radius 2 is 1.97 bits per heavy atom. The summed E-state index contributed by atoms with van der Waals surface area (Å²) in [6, 6.07) is 5.34. The van der Waals surface area contributed by atoms with Crippen molar-refractivity contribution in [1.29, 1.82) is 0 Å². The summed E-state index contributed by atoms with van der Waals surface area (Å²) in [7, 11) is 1.61. The van der Waals surface area contributed by atoms with Crippen molar-refractivity contribution in [3.05, 3.63) is 51.8 Å². The molecule has 6 rings (SSSR count). The van der Waals surface area contributed by atoms with Crippen LogP contribution < -0.4 is 9.47 Å². The molecule has 204 valence electrons. The number of fused-ring (bicyclic) bond motifs is 3. The quantitative estimate of drug-likeness (QED) is 0.448. The number of imidazole rings is 1. The number of nitrogens with one attached hydrogen (secondary N) is 1. The van der Waals surface area contributed by atoms with E-state index in [2.05, 4.69) is 15.0 Å². The largest absolute Gasteiger partial charge is 0.468 e. The Labute approximate surface area is 224 Å². The van der Waals surface area contributed by atoms with Crippen LogP contribution in [0.3, 0.4) is 0 Å². The molecule has 5 atom stereocenters. The first kappa shape index (κ1) is 26.8. The first-order valence-electron chi connectivity index (χ1n) is 12.8. The molecule has 2 aliphatic heterocycles. The highest BCUT2D eigenvalue weighted by Crippen LogP contribution is 2.39. The Morgan fingerprint density at radius 3 is 2.79 bits per heavy atom. The maximum absolute atomic E-state index is 15.0. The molecule has 38 heavy (non-hydrogen) atoms. The van der Waals surface area contributed by atoms with Gasteiger partial charge in [-0.2, -0.15) is 9.97 Å². The minimum Gasteiger partial charge on any atom is -0.468 e. The fourth-order valence-corrected chi connectivity index (χ4v) is 5.23. The molecular weight excluding hydrogens is 517 g/mol. The average Bonchev–Trinajstić information content (AvgIpc) is 3.67. The number of aliphatic hydroxyl groups excluding tert-OH is 1. The van der Waals surface area contributed by atoms with Crippen molar-refractivity contribution in [3.63, 3.8) is 0 Å². The fourth-order valence-electron chi connectivity index (χ4n) is 5.03. The van der Waals surface area contributed by atoms with E-state index in [4.69, 9.17) is 35.3 Å². The van der Waals surface area contributed by atoms with E-state index in [1.165, 1.54) is 6.07 Å². The molecule has 2 unspecified atom stereocenters. The van der Waals surface area contributed by atoms with E-state index in [9.17, 15) is 5.11 Å². The van der Waals surface area contributed by atoms with Crippen LogP contribution in [0.1, 0.15) is 43.1 Å². The number of halogens is 2. The number of aromatic nitrogens is 3. The highest BCUT2D eigenvalue weighted by atomic mass is 35.5. The van der Waals surface area contributed by atoms with Gasteiger partial charge >= 0.3 is 0 Å². The molecule has 9 nitrogen and oxygen atoms in total. The van der Waals surface area contributed by atoms with Crippen LogP contribution >= 0.6 is 11.6 Å². The molecule has 0 spiro atoms. The Bertz CT molecular complexity index is 1320. The molecule has 2 saturated heterocycles. The normalized spacial score (nSPS) is 25.9. The summed E-state index contributed by atoms with van der Waals surface area (Å²) in [5, 5.41) is 10.2. The molecule has 4 heterocycles. The summed E-state index contributed by atoms with van der Waals surface area (Å²) >= 11 is 6.45. The monoisotopic (exact) mass is 547 g/mol. The first-order chi connectivity index (χ1) is 18.5. The molecule has 3 aliphatic rings. The highest BCUT2D eigenvalue weighted by molar-refractivity contribution is 6.32. The number of aromatic amines is 1. The Hall–Kier alpha value is -2.76. The van der Waals surface area contributed by atoms with Crippen LogP contribution in [0, 0.1) is 5.82 Å². The van der Waals surface area contributed by atoms with Gasteiger partial charge < -0.3 is 33.8 Å². The van der Waals surface area contributed by atoms with Gasteiger partial charge in [-0.3, -0.25) is 0 Å². The van der Waals surface area contributed by atoms with Gasteiger partial charge in [0.2, 0.25) is 5.88 Å². The first-order valence-corrected chi connectivity index (χ1v) is 13.2. The van der Waals surface area contributed by atoms with Crippen molar-refractivity contribution < 1.29 is 33.2 Å². The molecule has 0 bridgehead atoms. The number of H-pyrrole nitrogens is 1. The van der Waals surface area contributed by atoms with Crippen LogP contribution in [-0.4, -0.2) is 71.4 Å². The van der Waals surface area contributed by atoms with Gasteiger partial charge in [0.25, 0.3) is 6.01 Å². The van der Waals surface area contributed by atoms with Crippen molar-refractivity contribution in [3.8, 4) is 11.9 Å². The van der Waals surface area contributed by atoms with E-state index >= 15 is 4.39 Å². The van der Waals surface area contributed by atoms with Crippen LogP contribution in [0.15, 0.2) is 24.3 Å². The number of methoxy groups -OCH3 is 1. The van der Waals surface area contributed by atoms with Crippen molar-refractivity contribution in [1.82, 2.24) is 15.0 Å². The van der Waals surface area contributed by atoms with Crippen LogP contribution in [0.5, 0.6) is 11.9 Å². The van der Waals surface area contributed by atoms with E-state index in [-0.39, 0.29) is 42.0 Å². The lowest BCUT2D eigenvalue weighted by Gasteiger charge is -2.16. The molecule has 1 aromatic carbocycles. The highest BCUT2D eigenvalue weighted by Gasteiger charge is 2.48. The summed E-state index contributed by atoms with van der Waals surface area (Å²) in [6.07, 6.45) is 2.62. The molecule has 3 aromatic rings. The molecule has 0 saturated carbocycles. The second-order valence-corrected chi connectivity index (χ2v) is 9.49. The van der Waals surface area contributed by atoms with E-state index in [1.807, 2.05) is 32.1 Å². The zero-order chi connectivity index (χ0) is 26.8. The predicted octanol–water partition coefficient (Wildman–Crippen LogP) is 4.41. The SMILES string of the molecule is CC.COC/C=C/c1cc(F)c2c(c1)CCC2Oc1nc2nc(O[C@@H]3COC4[C@H](O)CO[C@@H]43)[nH]c2cc1Cl. The number of aryl methyl sites for hydroxylation is 1.